The molecule has 1 atom stereocenters. The van der Waals surface area contributed by atoms with Crippen molar-refractivity contribution >= 4 is 5.91 Å². The number of rotatable bonds is 3. The van der Waals surface area contributed by atoms with Gasteiger partial charge in [0.25, 0.3) is 0 Å². The maximum atomic E-state index is 11.4. The second-order valence-corrected chi connectivity index (χ2v) is 4.63. The number of amides is 1. The van der Waals surface area contributed by atoms with Crippen LogP contribution in [0.15, 0.2) is 12.7 Å². The Balaban J connectivity index is 2.43. The molecule has 0 N–H and O–H groups in total. The van der Waals surface area contributed by atoms with Crippen molar-refractivity contribution in [1.29, 1.82) is 0 Å². The van der Waals surface area contributed by atoms with E-state index in [2.05, 4.69) is 20.4 Å². The largest absolute Gasteiger partial charge is 0.339 e. The quantitative estimate of drug-likeness (QED) is 0.633. The van der Waals surface area contributed by atoms with Crippen LogP contribution >= 0.6 is 0 Å². The van der Waals surface area contributed by atoms with Gasteiger partial charge in [-0.15, -0.1) is 0 Å². The van der Waals surface area contributed by atoms with Crippen molar-refractivity contribution in [3.63, 3.8) is 0 Å². The minimum atomic E-state index is 0.0958. The minimum Gasteiger partial charge on any atom is -0.339 e. The smallest absolute Gasteiger partial charge is 0.245 e. The van der Waals surface area contributed by atoms with Crippen LogP contribution in [0, 0.1) is 11.8 Å². The van der Waals surface area contributed by atoms with E-state index in [1.54, 1.807) is 0 Å². The van der Waals surface area contributed by atoms with Gasteiger partial charge in [0.2, 0.25) is 5.91 Å². The zero-order chi connectivity index (χ0) is 10.6. The summed E-state index contributed by atoms with van der Waals surface area (Å²) >= 11 is 0. The van der Waals surface area contributed by atoms with Crippen LogP contribution in [-0.2, 0) is 4.79 Å². The van der Waals surface area contributed by atoms with E-state index in [0.29, 0.717) is 5.92 Å². The lowest BCUT2D eigenvalue weighted by molar-refractivity contribution is -0.127. The van der Waals surface area contributed by atoms with Gasteiger partial charge in [-0.25, -0.2) is 0 Å². The fourth-order valence-corrected chi connectivity index (χ4v) is 2.25. The highest BCUT2D eigenvalue weighted by atomic mass is 16.2. The lowest BCUT2D eigenvalue weighted by Gasteiger charge is -2.32. The Morgan fingerprint density at radius 2 is 2.36 bits per heavy atom. The second kappa shape index (κ2) is 5.18. The first-order chi connectivity index (χ1) is 6.63. The summed E-state index contributed by atoms with van der Waals surface area (Å²) in [6.45, 7) is 9.87. The highest BCUT2D eigenvalue weighted by Crippen LogP contribution is 2.23. The summed E-state index contributed by atoms with van der Waals surface area (Å²) in [5.74, 6) is 1.53. The Labute approximate surface area is 87.0 Å². The van der Waals surface area contributed by atoms with E-state index >= 15 is 0 Å². The van der Waals surface area contributed by atoms with Crippen LogP contribution in [0.4, 0.5) is 0 Å². The molecule has 1 fully saturated rings. The van der Waals surface area contributed by atoms with Crippen molar-refractivity contribution in [2.45, 2.75) is 33.1 Å². The number of piperidine rings is 1. The highest BCUT2D eigenvalue weighted by Gasteiger charge is 2.22. The lowest BCUT2D eigenvalue weighted by atomic mass is 9.90. The summed E-state index contributed by atoms with van der Waals surface area (Å²) in [7, 11) is 0. The maximum absolute atomic E-state index is 11.4. The SMILES string of the molecule is C=CC(=O)N1CCCC(CC(C)C)C1. The number of hydrogen-bond acceptors (Lipinski definition) is 1. The Morgan fingerprint density at radius 1 is 1.64 bits per heavy atom. The average molecular weight is 195 g/mol. The van der Waals surface area contributed by atoms with E-state index in [9.17, 15) is 4.79 Å². The molecule has 0 aromatic heterocycles. The summed E-state index contributed by atoms with van der Waals surface area (Å²) in [4.78, 5) is 13.3. The molecule has 0 radical (unpaired) electrons. The summed E-state index contributed by atoms with van der Waals surface area (Å²) in [5, 5.41) is 0. The molecule has 1 aliphatic heterocycles. The van der Waals surface area contributed by atoms with Crippen LogP contribution in [-0.4, -0.2) is 23.9 Å². The molecule has 0 spiro atoms. The first kappa shape index (κ1) is 11.3. The predicted octanol–water partition coefficient (Wildman–Crippen LogP) is 2.46. The number of likely N-dealkylation sites (tertiary alicyclic amines) is 1. The molecule has 0 aliphatic carbocycles. The van der Waals surface area contributed by atoms with E-state index in [-0.39, 0.29) is 5.91 Å². The van der Waals surface area contributed by atoms with Gasteiger partial charge >= 0.3 is 0 Å². The summed E-state index contributed by atoms with van der Waals surface area (Å²) in [5.41, 5.74) is 0. The highest BCUT2D eigenvalue weighted by molar-refractivity contribution is 5.87. The lowest BCUT2D eigenvalue weighted by Crippen LogP contribution is -2.39. The van der Waals surface area contributed by atoms with Gasteiger partial charge in [0.15, 0.2) is 0 Å². The van der Waals surface area contributed by atoms with Crippen LogP contribution < -0.4 is 0 Å². The summed E-state index contributed by atoms with van der Waals surface area (Å²) in [6, 6.07) is 0. The first-order valence-electron chi connectivity index (χ1n) is 5.54. The Morgan fingerprint density at radius 3 is 2.93 bits per heavy atom. The Kier molecular flexibility index (Phi) is 4.18. The second-order valence-electron chi connectivity index (χ2n) is 4.63. The molecule has 1 heterocycles. The molecule has 0 bridgehead atoms. The van der Waals surface area contributed by atoms with Crippen LogP contribution in [0.25, 0.3) is 0 Å². The molecule has 80 valence electrons. The fourth-order valence-electron chi connectivity index (χ4n) is 2.25. The van der Waals surface area contributed by atoms with Gasteiger partial charge in [-0.2, -0.15) is 0 Å². The topological polar surface area (TPSA) is 20.3 Å². The van der Waals surface area contributed by atoms with Crippen LogP contribution in [0.5, 0.6) is 0 Å². The zero-order valence-corrected chi connectivity index (χ0v) is 9.33. The van der Waals surface area contributed by atoms with E-state index in [0.717, 1.165) is 25.4 Å². The summed E-state index contributed by atoms with van der Waals surface area (Å²) < 4.78 is 0. The van der Waals surface area contributed by atoms with Crippen LogP contribution in [0.3, 0.4) is 0 Å². The van der Waals surface area contributed by atoms with Crippen molar-refractivity contribution in [2.24, 2.45) is 11.8 Å². The molecule has 2 nitrogen and oxygen atoms in total. The molecule has 0 aromatic rings. The average Bonchev–Trinajstić information content (AvgIpc) is 2.16. The van der Waals surface area contributed by atoms with Gasteiger partial charge < -0.3 is 4.90 Å². The fraction of sp³-hybridized carbons (Fsp3) is 0.750. The molecule has 0 saturated carbocycles. The maximum Gasteiger partial charge on any atom is 0.245 e. The molecule has 1 rings (SSSR count). The third kappa shape index (κ3) is 3.17. The van der Waals surface area contributed by atoms with E-state index in [1.807, 2.05) is 4.90 Å². The molecule has 1 amide bonds. The van der Waals surface area contributed by atoms with Crippen molar-refractivity contribution in [3.05, 3.63) is 12.7 Å². The first-order valence-corrected chi connectivity index (χ1v) is 5.54. The van der Waals surface area contributed by atoms with Crippen LogP contribution in [0.2, 0.25) is 0 Å². The van der Waals surface area contributed by atoms with Gasteiger partial charge in [0, 0.05) is 13.1 Å². The normalized spacial score (nSPS) is 22.5. The van der Waals surface area contributed by atoms with E-state index in [1.165, 1.54) is 18.9 Å². The molecule has 14 heavy (non-hydrogen) atoms. The van der Waals surface area contributed by atoms with Gasteiger partial charge in [-0.1, -0.05) is 20.4 Å². The number of nitrogens with zero attached hydrogens (tertiary/aromatic N) is 1. The van der Waals surface area contributed by atoms with Crippen molar-refractivity contribution in [2.75, 3.05) is 13.1 Å². The molecule has 1 unspecified atom stereocenters. The third-order valence-corrected chi connectivity index (χ3v) is 2.81. The van der Waals surface area contributed by atoms with Gasteiger partial charge in [-0.3, -0.25) is 4.79 Å². The van der Waals surface area contributed by atoms with Gasteiger partial charge in [-0.05, 0) is 37.2 Å². The van der Waals surface area contributed by atoms with Crippen molar-refractivity contribution in [3.8, 4) is 0 Å². The van der Waals surface area contributed by atoms with Gasteiger partial charge in [0.1, 0.15) is 0 Å². The summed E-state index contributed by atoms with van der Waals surface area (Å²) in [6.07, 6.45) is 5.09. The molecule has 1 aliphatic rings. The van der Waals surface area contributed by atoms with Crippen molar-refractivity contribution < 1.29 is 4.79 Å². The van der Waals surface area contributed by atoms with E-state index < -0.39 is 0 Å². The monoisotopic (exact) mass is 195 g/mol. The molecular formula is C12H21NO. The molecular weight excluding hydrogens is 174 g/mol. The number of hydrogen-bond donors (Lipinski definition) is 0. The molecule has 0 aromatic carbocycles. The third-order valence-electron chi connectivity index (χ3n) is 2.81. The van der Waals surface area contributed by atoms with Crippen LogP contribution in [0.1, 0.15) is 33.1 Å². The standard InChI is InChI=1S/C12H21NO/c1-4-12(14)13-7-5-6-11(9-13)8-10(2)3/h4,10-11H,1,5-9H2,2-3H3. The van der Waals surface area contributed by atoms with E-state index in [4.69, 9.17) is 0 Å². The number of carbonyl (C=O) groups is 1. The predicted molar refractivity (Wildman–Crippen MR) is 59.0 cm³/mol. The molecule has 2 heteroatoms. The van der Waals surface area contributed by atoms with Crippen molar-refractivity contribution in [1.82, 2.24) is 4.90 Å². The zero-order valence-electron chi connectivity index (χ0n) is 9.33. The number of carbonyl (C=O) groups excluding carboxylic acids is 1. The van der Waals surface area contributed by atoms with Gasteiger partial charge in [0.05, 0.1) is 0 Å². The molecule has 1 saturated heterocycles. The minimum absolute atomic E-state index is 0.0958. The Bertz CT molecular complexity index is 210. The Hall–Kier alpha value is -0.790.